The standard InChI is InChI=1S/C35H51N7O2/c1-6-25(7-2)39-32-19-30(22(4)16-31(32)23(5)36)35(44)40-26-17-27-12-13-28(18-26)42(27)33-14-11-24(20-37-33)34(43)38-21-29-10-9-15-41(29)8-3/h11,14,16,19-20,25-29,39H,5-10,12-13,15,17-18,21,36H2,1-4H3,(H,38,43)(H,40,44). The lowest BCUT2D eigenvalue weighted by Crippen LogP contribution is -2.51. The third-order valence-electron chi connectivity index (χ3n) is 10.0. The summed E-state index contributed by atoms with van der Waals surface area (Å²) in [7, 11) is 0. The second-order valence-electron chi connectivity index (χ2n) is 12.9. The van der Waals surface area contributed by atoms with Crippen molar-refractivity contribution in [3.05, 3.63) is 59.3 Å². The van der Waals surface area contributed by atoms with Gasteiger partial charge in [0.2, 0.25) is 0 Å². The maximum Gasteiger partial charge on any atom is 0.252 e. The van der Waals surface area contributed by atoms with Gasteiger partial charge in [0.25, 0.3) is 11.8 Å². The molecule has 5 rings (SSSR count). The van der Waals surface area contributed by atoms with Crippen LogP contribution in [-0.2, 0) is 0 Å². The summed E-state index contributed by atoms with van der Waals surface area (Å²) >= 11 is 0. The van der Waals surface area contributed by atoms with Crippen LogP contribution in [0, 0.1) is 6.92 Å². The first kappa shape index (κ1) is 31.8. The number of hydrogen-bond acceptors (Lipinski definition) is 7. The number of nitrogens with two attached hydrogens (primary N) is 1. The number of likely N-dealkylation sites (N-methyl/N-ethyl adjacent to an activating group) is 1. The van der Waals surface area contributed by atoms with E-state index in [1.807, 2.05) is 31.2 Å². The highest BCUT2D eigenvalue weighted by atomic mass is 16.2. The number of benzene rings is 1. The van der Waals surface area contributed by atoms with Crippen LogP contribution in [0.15, 0.2) is 37.0 Å². The summed E-state index contributed by atoms with van der Waals surface area (Å²) in [6.45, 7) is 15.2. The molecule has 238 valence electrons. The number of carbonyl (C=O) groups excluding carboxylic acids is 2. The molecule has 3 aliphatic rings. The lowest BCUT2D eigenvalue weighted by atomic mass is 9.95. The van der Waals surface area contributed by atoms with E-state index in [9.17, 15) is 9.59 Å². The quantitative estimate of drug-likeness (QED) is 0.269. The van der Waals surface area contributed by atoms with Gasteiger partial charge in [-0.1, -0.05) is 27.4 Å². The van der Waals surface area contributed by atoms with E-state index in [4.69, 9.17) is 10.7 Å². The van der Waals surface area contributed by atoms with E-state index in [0.717, 1.165) is 80.7 Å². The van der Waals surface area contributed by atoms with Crippen LogP contribution in [0.5, 0.6) is 0 Å². The second-order valence-corrected chi connectivity index (χ2v) is 12.9. The lowest BCUT2D eigenvalue weighted by Gasteiger charge is -2.40. The van der Waals surface area contributed by atoms with Crippen molar-refractivity contribution < 1.29 is 9.59 Å². The van der Waals surface area contributed by atoms with Crippen LogP contribution in [0.1, 0.15) is 104 Å². The van der Waals surface area contributed by atoms with Gasteiger partial charge in [-0.25, -0.2) is 4.98 Å². The molecule has 4 heterocycles. The summed E-state index contributed by atoms with van der Waals surface area (Å²) < 4.78 is 0. The second kappa shape index (κ2) is 14.0. The summed E-state index contributed by atoms with van der Waals surface area (Å²) in [5.41, 5.74) is 10.5. The number of rotatable bonds is 12. The summed E-state index contributed by atoms with van der Waals surface area (Å²) in [5, 5.41) is 10.0. The summed E-state index contributed by atoms with van der Waals surface area (Å²) in [4.78, 5) is 36.0. The van der Waals surface area contributed by atoms with Crippen molar-refractivity contribution in [2.75, 3.05) is 29.9 Å². The Labute approximate surface area is 263 Å². The third-order valence-corrected chi connectivity index (χ3v) is 10.0. The molecule has 3 atom stereocenters. The van der Waals surface area contributed by atoms with Crippen LogP contribution in [0.25, 0.3) is 5.70 Å². The maximum absolute atomic E-state index is 13.6. The average molecular weight is 602 g/mol. The molecular weight excluding hydrogens is 550 g/mol. The molecule has 2 bridgehead atoms. The number of carbonyl (C=O) groups is 2. The van der Waals surface area contributed by atoms with Crippen LogP contribution in [0.2, 0.25) is 0 Å². The van der Waals surface area contributed by atoms with Gasteiger partial charge in [0.1, 0.15) is 5.82 Å². The summed E-state index contributed by atoms with van der Waals surface area (Å²) in [5.74, 6) is 0.807. The number of nitrogens with zero attached hydrogens (tertiary/aromatic N) is 3. The number of fused-ring (bicyclic) bond motifs is 2. The monoisotopic (exact) mass is 601 g/mol. The van der Waals surface area contributed by atoms with Gasteiger partial charge >= 0.3 is 0 Å². The largest absolute Gasteiger partial charge is 0.399 e. The minimum absolute atomic E-state index is 0.0460. The van der Waals surface area contributed by atoms with Gasteiger partial charge in [0.15, 0.2) is 0 Å². The van der Waals surface area contributed by atoms with Gasteiger partial charge in [-0.2, -0.15) is 0 Å². The molecule has 2 amide bonds. The Bertz CT molecular complexity index is 1330. The molecule has 9 heteroatoms. The van der Waals surface area contributed by atoms with Crippen molar-refractivity contribution in [3.8, 4) is 0 Å². The highest BCUT2D eigenvalue weighted by Crippen LogP contribution is 2.39. The van der Waals surface area contributed by atoms with Crippen molar-refractivity contribution in [1.82, 2.24) is 20.5 Å². The van der Waals surface area contributed by atoms with Crippen molar-refractivity contribution in [3.63, 3.8) is 0 Å². The molecule has 0 radical (unpaired) electrons. The molecule has 0 saturated carbocycles. The van der Waals surface area contributed by atoms with E-state index >= 15 is 0 Å². The van der Waals surface area contributed by atoms with Gasteiger partial charge in [-0.15, -0.1) is 0 Å². The Hall–Kier alpha value is -3.59. The van der Waals surface area contributed by atoms with E-state index in [1.165, 1.54) is 6.42 Å². The predicted octanol–water partition coefficient (Wildman–Crippen LogP) is 5.06. The molecule has 3 saturated heterocycles. The van der Waals surface area contributed by atoms with Gasteiger partial charge in [-0.05, 0) is 101 Å². The molecule has 0 spiro atoms. The number of aromatic nitrogens is 1. The van der Waals surface area contributed by atoms with E-state index in [0.29, 0.717) is 47.5 Å². The van der Waals surface area contributed by atoms with Crippen LogP contribution in [-0.4, -0.2) is 71.5 Å². The van der Waals surface area contributed by atoms with Crippen molar-refractivity contribution in [2.24, 2.45) is 5.73 Å². The van der Waals surface area contributed by atoms with Gasteiger partial charge in [0, 0.05) is 65.5 Å². The normalized spacial score (nSPS) is 23.2. The van der Waals surface area contributed by atoms with Crippen molar-refractivity contribution >= 4 is 29.0 Å². The SMILES string of the molecule is C=C(N)c1cc(C)c(C(=O)NC2CC3CCC(C2)N3c2ccc(C(=O)NCC3CCCN3CC)cn2)cc1NC(CC)CC. The number of aryl methyl sites for hydroxylation is 1. The highest BCUT2D eigenvalue weighted by Gasteiger charge is 2.42. The fraction of sp³-hybridized carbons (Fsp3) is 0.571. The Morgan fingerprint density at radius 3 is 2.39 bits per heavy atom. The van der Waals surface area contributed by atoms with Crippen molar-refractivity contribution in [1.29, 1.82) is 0 Å². The first-order valence-corrected chi connectivity index (χ1v) is 16.7. The number of piperidine rings is 1. The van der Waals surface area contributed by atoms with Gasteiger partial charge < -0.3 is 26.6 Å². The number of hydrogen-bond donors (Lipinski definition) is 4. The molecule has 1 aromatic carbocycles. The molecule has 5 N–H and O–H groups in total. The minimum atomic E-state index is -0.0613. The molecule has 3 unspecified atom stereocenters. The average Bonchev–Trinajstić information content (AvgIpc) is 3.59. The lowest BCUT2D eigenvalue weighted by molar-refractivity contribution is 0.0923. The van der Waals surface area contributed by atoms with Gasteiger partial charge in [0.05, 0.1) is 5.56 Å². The first-order valence-electron chi connectivity index (χ1n) is 16.7. The summed E-state index contributed by atoms with van der Waals surface area (Å²) in [6, 6.07) is 9.23. The van der Waals surface area contributed by atoms with E-state index < -0.39 is 0 Å². The fourth-order valence-electron chi connectivity index (χ4n) is 7.51. The summed E-state index contributed by atoms with van der Waals surface area (Å²) in [6.07, 6.45) is 9.89. The topological polar surface area (TPSA) is 116 Å². The van der Waals surface area contributed by atoms with Crippen LogP contribution >= 0.6 is 0 Å². The molecule has 44 heavy (non-hydrogen) atoms. The van der Waals surface area contributed by atoms with E-state index in [1.54, 1.807) is 6.20 Å². The van der Waals surface area contributed by atoms with E-state index in [-0.39, 0.29) is 17.9 Å². The molecular formula is C35H51N7O2. The highest BCUT2D eigenvalue weighted by molar-refractivity contribution is 5.98. The number of anilines is 2. The van der Waals surface area contributed by atoms with Crippen molar-refractivity contribution in [2.45, 2.75) is 109 Å². The first-order chi connectivity index (χ1) is 21.2. The Morgan fingerprint density at radius 2 is 1.77 bits per heavy atom. The Balaban J connectivity index is 1.20. The molecule has 3 fully saturated rings. The molecule has 9 nitrogen and oxygen atoms in total. The zero-order valence-electron chi connectivity index (χ0n) is 27.0. The predicted molar refractivity (Wildman–Crippen MR) is 179 cm³/mol. The molecule has 1 aromatic heterocycles. The number of pyridine rings is 1. The molecule has 3 aliphatic heterocycles. The van der Waals surface area contributed by atoms with Crippen LogP contribution in [0.4, 0.5) is 11.5 Å². The Morgan fingerprint density at radius 1 is 1.05 bits per heavy atom. The zero-order chi connectivity index (χ0) is 31.4. The molecule has 2 aromatic rings. The maximum atomic E-state index is 13.6. The van der Waals surface area contributed by atoms with Gasteiger partial charge in [-0.3, -0.25) is 14.5 Å². The minimum Gasteiger partial charge on any atom is -0.399 e. The number of nitrogens with one attached hydrogen (secondary N) is 3. The smallest absolute Gasteiger partial charge is 0.252 e. The van der Waals surface area contributed by atoms with Crippen LogP contribution in [0.3, 0.4) is 0 Å². The number of likely N-dealkylation sites (tertiary alicyclic amines) is 1. The number of amides is 2. The Kier molecular flexibility index (Phi) is 10.1. The zero-order valence-corrected chi connectivity index (χ0v) is 27.0. The fourth-order valence-corrected chi connectivity index (χ4v) is 7.51. The van der Waals surface area contributed by atoms with E-state index in [2.05, 4.69) is 53.1 Å². The third kappa shape index (κ3) is 6.88. The van der Waals surface area contributed by atoms with Crippen LogP contribution < -0.4 is 26.6 Å². The molecule has 0 aliphatic carbocycles.